The predicted molar refractivity (Wildman–Crippen MR) is 147 cm³/mol. The minimum atomic E-state index is -0.0475. The van der Waals surface area contributed by atoms with Gasteiger partial charge in [-0.15, -0.1) is 0 Å². The Hall–Kier alpha value is -2.88. The Bertz CT molecular complexity index is 1160. The van der Waals surface area contributed by atoms with E-state index in [0.29, 0.717) is 18.7 Å². The summed E-state index contributed by atoms with van der Waals surface area (Å²) in [5, 5.41) is 3.96. The van der Waals surface area contributed by atoms with E-state index in [2.05, 4.69) is 70.0 Å². The lowest BCUT2D eigenvalue weighted by atomic mass is 9.76. The van der Waals surface area contributed by atoms with Crippen molar-refractivity contribution in [3.05, 3.63) is 70.9 Å². The molecule has 4 heteroatoms. The number of unbranched alkanes of at least 4 members (excludes halogenated alkanes) is 1. The van der Waals surface area contributed by atoms with Gasteiger partial charge in [0.1, 0.15) is 5.75 Å². The Labute approximate surface area is 211 Å². The van der Waals surface area contributed by atoms with Crippen molar-refractivity contribution in [3.63, 3.8) is 0 Å². The van der Waals surface area contributed by atoms with Crippen molar-refractivity contribution in [1.82, 2.24) is 10.3 Å². The molecule has 1 aromatic heterocycles. The van der Waals surface area contributed by atoms with Crippen LogP contribution in [0.5, 0.6) is 5.75 Å². The van der Waals surface area contributed by atoms with Crippen molar-refractivity contribution in [2.45, 2.75) is 85.0 Å². The molecule has 0 radical (unpaired) electrons. The summed E-state index contributed by atoms with van der Waals surface area (Å²) in [7, 11) is 0. The molecule has 4 nitrogen and oxygen atoms in total. The first kappa shape index (κ1) is 26.7. The Balaban J connectivity index is 1.57. The van der Waals surface area contributed by atoms with Gasteiger partial charge in [-0.3, -0.25) is 9.78 Å². The highest BCUT2D eigenvalue weighted by Crippen LogP contribution is 2.38. The van der Waals surface area contributed by atoms with Crippen molar-refractivity contribution in [2.24, 2.45) is 0 Å². The smallest absolute Gasteiger partial charge is 0.252 e. The molecule has 0 aliphatic heterocycles. The number of hydrogen-bond donors (Lipinski definition) is 1. The Morgan fingerprint density at radius 2 is 1.66 bits per heavy atom. The van der Waals surface area contributed by atoms with Crippen LogP contribution in [0.3, 0.4) is 0 Å². The zero-order valence-corrected chi connectivity index (χ0v) is 22.6. The maximum atomic E-state index is 12.8. The highest BCUT2D eigenvalue weighted by molar-refractivity contribution is 6.06. The molecular weight excluding hydrogens is 432 g/mol. The normalized spacial score (nSPS) is 12.1. The van der Waals surface area contributed by atoms with Gasteiger partial charge in [0.05, 0.1) is 17.7 Å². The molecule has 0 saturated carbocycles. The lowest BCUT2D eigenvalue weighted by Gasteiger charge is -2.30. The molecule has 35 heavy (non-hydrogen) atoms. The van der Waals surface area contributed by atoms with Gasteiger partial charge < -0.3 is 10.1 Å². The summed E-state index contributed by atoms with van der Waals surface area (Å²) in [5.41, 5.74) is 5.23. The molecule has 0 unspecified atom stereocenters. The second-order valence-electron chi connectivity index (χ2n) is 10.8. The highest BCUT2D eigenvalue weighted by Gasteiger charge is 2.26. The number of fused-ring (bicyclic) bond motifs is 1. The molecule has 0 spiro atoms. The predicted octanol–water partition coefficient (Wildman–Crippen LogP) is 7.51. The molecule has 1 amide bonds. The fourth-order valence-corrected chi connectivity index (χ4v) is 4.20. The van der Waals surface area contributed by atoms with Crippen LogP contribution in [-0.2, 0) is 10.8 Å². The van der Waals surface area contributed by atoms with Gasteiger partial charge in [-0.25, -0.2) is 0 Å². The molecule has 188 valence electrons. The molecule has 0 aliphatic carbocycles. The molecule has 0 fully saturated rings. The minimum Gasteiger partial charge on any atom is -0.493 e. The number of rotatable bonds is 11. The van der Waals surface area contributed by atoms with E-state index in [9.17, 15) is 4.79 Å². The monoisotopic (exact) mass is 474 g/mol. The number of aryl methyl sites for hydroxylation is 1. The number of aromatic nitrogens is 1. The fourth-order valence-electron chi connectivity index (χ4n) is 4.20. The van der Waals surface area contributed by atoms with Crippen molar-refractivity contribution in [1.29, 1.82) is 0 Å². The van der Waals surface area contributed by atoms with Gasteiger partial charge in [-0.05, 0) is 67.2 Å². The molecule has 3 rings (SSSR count). The van der Waals surface area contributed by atoms with E-state index in [4.69, 9.17) is 4.74 Å². The summed E-state index contributed by atoms with van der Waals surface area (Å²) in [5.74, 6) is 0.934. The average molecular weight is 475 g/mol. The van der Waals surface area contributed by atoms with E-state index in [0.717, 1.165) is 48.0 Å². The fraction of sp³-hybridized carbons (Fsp3) is 0.484. The van der Waals surface area contributed by atoms with Gasteiger partial charge >= 0.3 is 0 Å². The third-order valence-electron chi connectivity index (χ3n) is 7.46. The number of amides is 1. The summed E-state index contributed by atoms with van der Waals surface area (Å²) < 4.78 is 6.27. The average Bonchev–Trinajstić information content (AvgIpc) is 2.85. The summed E-state index contributed by atoms with van der Waals surface area (Å²) in [6.45, 7) is 16.8. The number of hydrogen-bond acceptors (Lipinski definition) is 3. The van der Waals surface area contributed by atoms with E-state index in [-0.39, 0.29) is 16.7 Å². The number of nitrogens with one attached hydrogen (secondary N) is 1. The lowest BCUT2D eigenvalue weighted by Crippen LogP contribution is -2.25. The Morgan fingerprint density at radius 3 is 2.37 bits per heavy atom. The Morgan fingerprint density at radius 1 is 0.943 bits per heavy atom. The largest absolute Gasteiger partial charge is 0.493 e. The van der Waals surface area contributed by atoms with E-state index < -0.39 is 0 Å². The topological polar surface area (TPSA) is 51.2 Å². The van der Waals surface area contributed by atoms with Crippen LogP contribution < -0.4 is 10.1 Å². The zero-order chi connectivity index (χ0) is 25.6. The van der Waals surface area contributed by atoms with E-state index in [1.54, 1.807) is 0 Å². The summed E-state index contributed by atoms with van der Waals surface area (Å²) in [4.78, 5) is 17.3. The molecule has 3 aromatic rings. The van der Waals surface area contributed by atoms with Crippen molar-refractivity contribution in [2.75, 3.05) is 13.2 Å². The van der Waals surface area contributed by atoms with Gasteiger partial charge in [0.15, 0.2) is 0 Å². The number of nitrogens with zero attached hydrogens (tertiary/aromatic N) is 1. The molecule has 1 heterocycles. The van der Waals surface area contributed by atoms with E-state index in [1.165, 1.54) is 11.1 Å². The van der Waals surface area contributed by atoms with Crippen LogP contribution in [0.1, 0.15) is 94.4 Å². The number of carbonyl (C=O) groups is 1. The highest BCUT2D eigenvalue weighted by atomic mass is 16.5. The molecule has 2 aromatic carbocycles. The van der Waals surface area contributed by atoms with Crippen LogP contribution >= 0.6 is 0 Å². The SMILES string of the molecule is CCC(C)(C)c1ccc(OCCCCNC(=O)c2cc(C)nc3ccccc23)c(C(C)(C)CC)c1. The molecular formula is C31H42N2O2. The van der Waals surface area contributed by atoms with Gasteiger partial charge in [0.2, 0.25) is 0 Å². The number of para-hydroxylation sites is 1. The minimum absolute atomic E-state index is 0.0475. The summed E-state index contributed by atoms with van der Waals surface area (Å²) >= 11 is 0. The van der Waals surface area contributed by atoms with Crippen molar-refractivity contribution in [3.8, 4) is 5.75 Å². The lowest BCUT2D eigenvalue weighted by molar-refractivity contribution is 0.0954. The maximum Gasteiger partial charge on any atom is 0.252 e. The first-order chi connectivity index (χ1) is 16.6. The van der Waals surface area contributed by atoms with Crippen LogP contribution in [0.4, 0.5) is 0 Å². The standard InChI is InChI=1S/C31H42N2O2/c1-8-30(4,5)23-16-17-28(26(21-23)31(6,7)9-2)35-19-13-12-18-32-29(34)25-20-22(3)33-27-15-11-10-14-24(25)27/h10-11,14-17,20-21H,8-9,12-13,18-19H2,1-7H3,(H,32,34). The number of benzene rings is 2. The number of carbonyl (C=O) groups excluding carboxylic acids is 1. The first-order valence-corrected chi connectivity index (χ1v) is 13.0. The van der Waals surface area contributed by atoms with Gasteiger partial charge in [-0.1, -0.05) is 71.9 Å². The van der Waals surface area contributed by atoms with Crippen molar-refractivity contribution >= 4 is 16.8 Å². The van der Waals surface area contributed by atoms with Crippen molar-refractivity contribution < 1.29 is 9.53 Å². The number of pyridine rings is 1. The Kier molecular flexibility index (Phi) is 8.58. The molecule has 1 N–H and O–H groups in total. The van der Waals surface area contributed by atoms with Gasteiger partial charge in [0, 0.05) is 23.2 Å². The zero-order valence-electron chi connectivity index (χ0n) is 22.6. The second-order valence-corrected chi connectivity index (χ2v) is 10.8. The third kappa shape index (κ3) is 6.42. The molecule has 0 saturated heterocycles. The van der Waals surface area contributed by atoms with Crippen LogP contribution in [-0.4, -0.2) is 24.0 Å². The molecule has 0 bridgehead atoms. The summed E-state index contributed by atoms with van der Waals surface area (Å²) in [6, 6.07) is 16.4. The van der Waals surface area contributed by atoms with Gasteiger partial charge in [0.25, 0.3) is 5.91 Å². The molecule has 0 atom stereocenters. The molecule has 0 aliphatic rings. The van der Waals surface area contributed by atoms with Gasteiger partial charge in [-0.2, -0.15) is 0 Å². The quantitative estimate of drug-likeness (QED) is 0.293. The first-order valence-electron chi connectivity index (χ1n) is 13.0. The van der Waals surface area contributed by atoms with Crippen LogP contribution in [0.15, 0.2) is 48.5 Å². The van der Waals surface area contributed by atoms with E-state index >= 15 is 0 Å². The van der Waals surface area contributed by atoms with E-state index in [1.807, 2.05) is 37.3 Å². The maximum absolute atomic E-state index is 12.8. The van der Waals surface area contributed by atoms with Crippen LogP contribution in [0.2, 0.25) is 0 Å². The van der Waals surface area contributed by atoms with Crippen LogP contribution in [0, 0.1) is 6.92 Å². The second kappa shape index (κ2) is 11.2. The van der Waals surface area contributed by atoms with Crippen LogP contribution in [0.25, 0.3) is 10.9 Å². The number of ether oxygens (including phenoxy) is 1. The third-order valence-corrected chi connectivity index (χ3v) is 7.46. The summed E-state index contributed by atoms with van der Waals surface area (Å²) in [6.07, 6.45) is 3.89.